The number of aromatic nitrogens is 2. The molecule has 1 aromatic rings. The molecule has 0 aromatic carbocycles. The Morgan fingerprint density at radius 3 is 2.79 bits per heavy atom. The maximum Gasteiger partial charge on any atom is 0.134 e. The largest absolute Gasteiger partial charge is 0.370 e. The van der Waals surface area contributed by atoms with Crippen LogP contribution >= 0.6 is 0 Å². The van der Waals surface area contributed by atoms with Crippen LogP contribution in [-0.2, 0) is 0 Å². The molecule has 3 rings (SSSR count). The molecule has 104 valence electrons. The van der Waals surface area contributed by atoms with E-state index in [9.17, 15) is 0 Å². The molecule has 19 heavy (non-hydrogen) atoms. The van der Waals surface area contributed by atoms with Crippen molar-refractivity contribution in [1.82, 2.24) is 15.3 Å². The molecule has 2 N–H and O–H groups in total. The first kappa shape index (κ1) is 12.7. The van der Waals surface area contributed by atoms with Crippen molar-refractivity contribution in [3.8, 4) is 0 Å². The number of anilines is 2. The van der Waals surface area contributed by atoms with Crippen LogP contribution in [0.1, 0.15) is 25.7 Å². The van der Waals surface area contributed by atoms with E-state index in [2.05, 4.69) is 31.6 Å². The lowest BCUT2D eigenvalue weighted by atomic mass is 9.98. The number of hydrogen-bond acceptors (Lipinski definition) is 5. The fourth-order valence-electron chi connectivity index (χ4n) is 2.90. The summed E-state index contributed by atoms with van der Waals surface area (Å²) in [5.41, 5.74) is 0. The highest BCUT2D eigenvalue weighted by Gasteiger charge is 2.15. The smallest absolute Gasteiger partial charge is 0.134 e. The molecular formula is C14H23N5. The first-order chi connectivity index (χ1) is 9.42. The van der Waals surface area contributed by atoms with E-state index in [-0.39, 0.29) is 0 Å². The molecule has 0 aliphatic carbocycles. The van der Waals surface area contributed by atoms with Gasteiger partial charge in [-0.05, 0) is 44.7 Å². The van der Waals surface area contributed by atoms with E-state index in [1.807, 2.05) is 0 Å². The van der Waals surface area contributed by atoms with Crippen molar-refractivity contribution in [2.75, 3.05) is 42.9 Å². The van der Waals surface area contributed by atoms with Crippen molar-refractivity contribution < 1.29 is 0 Å². The number of rotatable bonds is 4. The SMILES string of the molecule is c1nc(NCC2CCNCC2)cc(N2CCCC2)n1. The van der Waals surface area contributed by atoms with E-state index < -0.39 is 0 Å². The summed E-state index contributed by atoms with van der Waals surface area (Å²) in [6, 6.07) is 2.09. The van der Waals surface area contributed by atoms with E-state index in [0.29, 0.717) is 0 Å². The first-order valence-corrected chi connectivity index (χ1v) is 7.43. The van der Waals surface area contributed by atoms with Crippen molar-refractivity contribution in [2.24, 2.45) is 5.92 Å². The highest BCUT2D eigenvalue weighted by molar-refractivity contribution is 5.48. The number of piperidine rings is 1. The molecule has 0 spiro atoms. The Bertz CT molecular complexity index is 397. The summed E-state index contributed by atoms with van der Waals surface area (Å²) in [6.07, 6.45) is 6.76. The number of nitrogens with zero attached hydrogens (tertiary/aromatic N) is 3. The van der Waals surface area contributed by atoms with Gasteiger partial charge in [0.1, 0.15) is 18.0 Å². The second-order valence-electron chi connectivity index (χ2n) is 5.53. The van der Waals surface area contributed by atoms with Crippen LogP contribution in [0.4, 0.5) is 11.6 Å². The van der Waals surface area contributed by atoms with Crippen molar-refractivity contribution in [2.45, 2.75) is 25.7 Å². The minimum absolute atomic E-state index is 0.770. The summed E-state index contributed by atoms with van der Waals surface area (Å²) in [7, 11) is 0. The number of hydrogen-bond donors (Lipinski definition) is 2. The lowest BCUT2D eigenvalue weighted by Crippen LogP contribution is -2.31. The summed E-state index contributed by atoms with van der Waals surface area (Å²) in [4.78, 5) is 11.1. The maximum atomic E-state index is 4.38. The minimum Gasteiger partial charge on any atom is -0.370 e. The van der Waals surface area contributed by atoms with E-state index >= 15 is 0 Å². The number of nitrogens with one attached hydrogen (secondary N) is 2. The fraction of sp³-hybridized carbons (Fsp3) is 0.714. The van der Waals surface area contributed by atoms with Gasteiger partial charge in [-0.25, -0.2) is 9.97 Å². The highest BCUT2D eigenvalue weighted by atomic mass is 15.2. The first-order valence-electron chi connectivity index (χ1n) is 7.43. The van der Waals surface area contributed by atoms with Gasteiger partial charge in [-0.2, -0.15) is 0 Å². The molecule has 0 amide bonds. The summed E-state index contributed by atoms with van der Waals surface area (Å²) < 4.78 is 0. The van der Waals surface area contributed by atoms with Gasteiger partial charge in [0.25, 0.3) is 0 Å². The van der Waals surface area contributed by atoms with E-state index in [0.717, 1.165) is 50.3 Å². The fourth-order valence-corrected chi connectivity index (χ4v) is 2.90. The standard InChI is InChI=1S/C14H23N5/c1-2-8-19(7-1)14-9-13(17-11-18-14)16-10-12-3-5-15-6-4-12/h9,11-12,15H,1-8,10H2,(H,16,17,18). The predicted molar refractivity (Wildman–Crippen MR) is 77.6 cm³/mol. The topological polar surface area (TPSA) is 53.1 Å². The van der Waals surface area contributed by atoms with Crippen LogP contribution in [0.5, 0.6) is 0 Å². The lowest BCUT2D eigenvalue weighted by Gasteiger charge is -2.23. The molecule has 0 saturated carbocycles. The molecule has 0 unspecified atom stereocenters. The van der Waals surface area contributed by atoms with Crippen LogP contribution in [0.15, 0.2) is 12.4 Å². The molecule has 2 saturated heterocycles. The Kier molecular flexibility index (Phi) is 4.13. The van der Waals surface area contributed by atoms with Crippen LogP contribution in [-0.4, -0.2) is 42.7 Å². The van der Waals surface area contributed by atoms with Gasteiger partial charge in [0.2, 0.25) is 0 Å². The summed E-state index contributed by atoms with van der Waals surface area (Å²) >= 11 is 0. The third-order valence-corrected chi connectivity index (χ3v) is 4.11. The Hall–Kier alpha value is -1.36. The quantitative estimate of drug-likeness (QED) is 0.860. The summed E-state index contributed by atoms with van der Waals surface area (Å²) in [5.74, 6) is 2.81. The third kappa shape index (κ3) is 3.35. The van der Waals surface area contributed by atoms with Gasteiger partial charge in [0, 0.05) is 25.7 Å². The van der Waals surface area contributed by atoms with Crippen LogP contribution in [0, 0.1) is 5.92 Å². The van der Waals surface area contributed by atoms with Crippen molar-refractivity contribution in [1.29, 1.82) is 0 Å². The highest BCUT2D eigenvalue weighted by Crippen LogP contribution is 2.20. The van der Waals surface area contributed by atoms with Crippen LogP contribution in [0.25, 0.3) is 0 Å². The van der Waals surface area contributed by atoms with Gasteiger partial charge in [0.05, 0.1) is 0 Å². The third-order valence-electron chi connectivity index (χ3n) is 4.11. The Labute approximate surface area is 114 Å². The zero-order valence-corrected chi connectivity index (χ0v) is 11.4. The average Bonchev–Trinajstić information content (AvgIpc) is 3.01. The zero-order chi connectivity index (χ0) is 12.9. The Balaban J connectivity index is 1.56. The van der Waals surface area contributed by atoms with Crippen molar-refractivity contribution in [3.63, 3.8) is 0 Å². The maximum absolute atomic E-state index is 4.38. The molecule has 2 aliphatic heterocycles. The molecule has 3 heterocycles. The van der Waals surface area contributed by atoms with Gasteiger partial charge < -0.3 is 15.5 Å². The van der Waals surface area contributed by atoms with Gasteiger partial charge >= 0.3 is 0 Å². The average molecular weight is 261 g/mol. The Morgan fingerprint density at radius 1 is 1.21 bits per heavy atom. The van der Waals surface area contributed by atoms with Gasteiger partial charge in [-0.15, -0.1) is 0 Å². The molecule has 0 bridgehead atoms. The molecule has 1 aromatic heterocycles. The van der Waals surface area contributed by atoms with Crippen LogP contribution < -0.4 is 15.5 Å². The van der Waals surface area contributed by atoms with Gasteiger partial charge in [-0.1, -0.05) is 0 Å². The van der Waals surface area contributed by atoms with Crippen molar-refractivity contribution in [3.05, 3.63) is 12.4 Å². The monoisotopic (exact) mass is 261 g/mol. The summed E-state index contributed by atoms with van der Waals surface area (Å²) in [6.45, 7) is 5.58. The second-order valence-corrected chi connectivity index (χ2v) is 5.53. The molecule has 0 atom stereocenters. The van der Waals surface area contributed by atoms with Gasteiger partial charge in [0.15, 0.2) is 0 Å². The molecular weight excluding hydrogens is 238 g/mol. The van der Waals surface area contributed by atoms with Crippen LogP contribution in [0.3, 0.4) is 0 Å². The van der Waals surface area contributed by atoms with Crippen molar-refractivity contribution >= 4 is 11.6 Å². The van der Waals surface area contributed by atoms with Crippen LogP contribution in [0.2, 0.25) is 0 Å². The second kappa shape index (κ2) is 6.19. The minimum atomic E-state index is 0.770. The summed E-state index contributed by atoms with van der Waals surface area (Å²) in [5, 5.41) is 6.87. The van der Waals surface area contributed by atoms with E-state index in [1.165, 1.54) is 25.7 Å². The zero-order valence-electron chi connectivity index (χ0n) is 11.4. The van der Waals surface area contributed by atoms with Gasteiger partial charge in [-0.3, -0.25) is 0 Å². The molecule has 5 heteroatoms. The molecule has 2 aliphatic rings. The molecule has 2 fully saturated rings. The molecule has 5 nitrogen and oxygen atoms in total. The molecule has 0 radical (unpaired) electrons. The lowest BCUT2D eigenvalue weighted by molar-refractivity contribution is 0.389. The van der Waals surface area contributed by atoms with E-state index in [4.69, 9.17) is 0 Å². The predicted octanol–water partition coefficient (Wildman–Crippen LogP) is 1.49. The normalized spacial score (nSPS) is 20.7. The Morgan fingerprint density at radius 2 is 2.00 bits per heavy atom. The van der Waals surface area contributed by atoms with E-state index in [1.54, 1.807) is 6.33 Å².